The summed E-state index contributed by atoms with van der Waals surface area (Å²) < 4.78 is 36.7. The lowest BCUT2D eigenvalue weighted by Crippen LogP contribution is -2.38. The number of hydrogen-bond acceptors (Lipinski definition) is 5. The quantitative estimate of drug-likeness (QED) is 0.849. The molecule has 0 spiro atoms. The van der Waals surface area contributed by atoms with E-state index in [0.717, 1.165) is 6.42 Å². The maximum Gasteiger partial charge on any atom is 0.259 e. The zero-order valence-corrected chi connectivity index (χ0v) is 16.1. The summed E-state index contributed by atoms with van der Waals surface area (Å²) in [6.45, 7) is 0.422. The van der Waals surface area contributed by atoms with Gasteiger partial charge in [0.15, 0.2) is 0 Å². The van der Waals surface area contributed by atoms with E-state index in [1.165, 1.54) is 18.5 Å². The van der Waals surface area contributed by atoms with Crippen molar-refractivity contribution in [2.75, 3.05) is 36.1 Å². The molecule has 0 saturated carbocycles. The van der Waals surface area contributed by atoms with Gasteiger partial charge >= 0.3 is 0 Å². The van der Waals surface area contributed by atoms with Crippen LogP contribution in [0.5, 0.6) is 11.5 Å². The second-order valence-electron chi connectivity index (χ2n) is 6.14. The number of carbonyl (C=O) groups is 1. The summed E-state index contributed by atoms with van der Waals surface area (Å²) in [7, 11) is -0.371. The van der Waals surface area contributed by atoms with Crippen molar-refractivity contribution in [3.63, 3.8) is 0 Å². The first-order valence-electron chi connectivity index (χ1n) is 8.59. The fourth-order valence-corrected chi connectivity index (χ4v) is 4.70. The number of rotatable bonds is 5. The molecular formula is C19H22N2O5S. The lowest BCUT2D eigenvalue weighted by atomic mass is 10.1. The highest BCUT2D eigenvalue weighted by molar-refractivity contribution is 7.92. The molecule has 0 bridgehead atoms. The van der Waals surface area contributed by atoms with Crippen LogP contribution in [0, 0.1) is 0 Å². The van der Waals surface area contributed by atoms with Crippen LogP contribution in [-0.2, 0) is 10.0 Å². The Hall–Kier alpha value is -2.74. The van der Waals surface area contributed by atoms with Crippen molar-refractivity contribution in [1.82, 2.24) is 0 Å². The van der Waals surface area contributed by atoms with Crippen LogP contribution < -0.4 is 19.1 Å². The molecule has 0 atom stereocenters. The number of nitrogens with one attached hydrogen (secondary N) is 1. The third kappa shape index (κ3) is 4.00. The maximum absolute atomic E-state index is 12.5. The Labute approximate surface area is 158 Å². The Bertz CT molecular complexity index is 943. The molecule has 1 aliphatic rings. The molecule has 1 N–H and O–H groups in total. The average molecular weight is 390 g/mol. The number of methoxy groups -OCH3 is 2. The Kier molecular flexibility index (Phi) is 5.55. The van der Waals surface area contributed by atoms with E-state index in [0.29, 0.717) is 41.4 Å². The molecule has 1 amide bonds. The van der Waals surface area contributed by atoms with Gasteiger partial charge in [0, 0.05) is 18.3 Å². The molecule has 27 heavy (non-hydrogen) atoms. The standard InChI is InChI=1S/C19H22N2O5S/c1-25-17-8-4-3-7-15(17)19(22)20-14-9-10-16(18(13-14)26-2)21-11-5-6-12-27(21,23)24/h3-4,7-10,13H,5-6,11-12H2,1-2H3,(H,20,22). The van der Waals surface area contributed by atoms with E-state index in [1.54, 1.807) is 42.5 Å². The molecule has 1 fully saturated rings. The summed E-state index contributed by atoms with van der Waals surface area (Å²) in [5, 5.41) is 2.79. The second-order valence-corrected chi connectivity index (χ2v) is 8.15. The van der Waals surface area contributed by atoms with Gasteiger partial charge in [0.1, 0.15) is 11.5 Å². The number of hydrogen-bond donors (Lipinski definition) is 1. The van der Waals surface area contributed by atoms with Gasteiger partial charge in [-0.2, -0.15) is 0 Å². The first kappa shape index (κ1) is 19.0. The van der Waals surface area contributed by atoms with Gasteiger partial charge < -0.3 is 14.8 Å². The molecule has 0 aromatic heterocycles. The van der Waals surface area contributed by atoms with Gasteiger partial charge in [0.2, 0.25) is 10.0 Å². The summed E-state index contributed by atoms with van der Waals surface area (Å²) >= 11 is 0. The van der Waals surface area contributed by atoms with Crippen LogP contribution in [0.15, 0.2) is 42.5 Å². The number of amides is 1. The third-order valence-electron chi connectivity index (χ3n) is 4.41. The Morgan fingerprint density at radius 1 is 1.04 bits per heavy atom. The van der Waals surface area contributed by atoms with Gasteiger partial charge in [-0.15, -0.1) is 0 Å². The van der Waals surface area contributed by atoms with Gasteiger partial charge in [-0.1, -0.05) is 12.1 Å². The van der Waals surface area contributed by atoms with Crippen molar-refractivity contribution in [2.24, 2.45) is 0 Å². The molecule has 144 valence electrons. The number of nitrogens with zero attached hydrogens (tertiary/aromatic N) is 1. The predicted molar refractivity (Wildman–Crippen MR) is 104 cm³/mol. The average Bonchev–Trinajstić information content (AvgIpc) is 2.67. The molecule has 3 rings (SSSR count). The number of ether oxygens (including phenoxy) is 2. The number of benzene rings is 2. The van der Waals surface area contributed by atoms with Crippen molar-refractivity contribution in [3.05, 3.63) is 48.0 Å². The molecule has 7 nitrogen and oxygen atoms in total. The highest BCUT2D eigenvalue weighted by Crippen LogP contribution is 2.35. The predicted octanol–water partition coefficient (Wildman–Crippen LogP) is 2.89. The van der Waals surface area contributed by atoms with Crippen LogP contribution in [0.25, 0.3) is 0 Å². The summed E-state index contributed by atoms with van der Waals surface area (Å²) in [6.07, 6.45) is 1.46. The molecule has 1 heterocycles. The van der Waals surface area contributed by atoms with Crippen molar-refractivity contribution in [1.29, 1.82) is 0 Å². The van der Waals surface area contributed by atoms with E-state index in [2.05, 4.69) is 5.32 Å². The highest BCUT2D eigenvalue weighted by atomic mass is 32.2. The van der Waals surface area contributed by atoms with Gasteiger partial charge in [-0.25, -0.2) is 8.42 Å². The van der Waals surface area contributed by atoms with Gasteiger partial charge in [0.05, 0.1) is 31.2 Å². The van der Waals surface area contributed by atoms with E-state index < -0.39 is 10.0 Å². The fourth-order valence-electron chi connectivity index (χ4n) is 3.05. The number of para-hydroxylation sites is 1. The molecule has 0 aliphatic carbocycles. The van der Waals surface area contributed by atoms with E-state index in [4.69, 9.17) is 9.47 Å². The van der Waals surface area contributed by atoms with Crippen molar-refractivity contribution < 1.29 is 22.7 Å². The minimum atomic E-state index is -3.35. The molecule has 0 unspecified atom stereocenters. The molecular weight excluding hydrogens is 368 g/mol. The van der Waals surface area contributed by atoms with Gasteiger partial charge in [-0.05, 0) is 37.1 Å². The fraction of sp³-hybridized carbons (Fsp3) is 0.316. The topological polar surface area (TPSA) is 84.9 Å². The largest absolute Gasteiger partial charge is 0.496 e. The second kappa shape index (κ2) is 7.87. The van der Waals surface area contributed by atoms with Gasteiger partial charge in [-0.3, -0.25) is 9.10 Å². The number of sulfonamides is 1. The zero-order valence-electron chi connectivity index (χ0n) is 15.3. The maximum atomic E-state index is 12.5. The molecule has 1 saturated heterocycles. The Morgan fingerprint density at radius 2 is 1.78 bits per heavy atom. The SMILES string of the molecule is COc1ccccc1C(=O)Nc1ccc(N2CCCCS2(=O)=O)c(OC)c1. The van der Waals surface area contributed by atoms with E-state index in [9.17, 15) is 13.2 Å². The van der Waals surface area contributed by atoms with Crippen molar-refractivity contribution >= 4 is 27.3 Å². The van der Waals surface area contributed by atoms with Crippen LogP contribution in [0.3, 0.4) is 0 Å². The minimum absolute atomic E-state index is 0.127. The first-order valence-corrected chi connectivity index (χ1v) is 10.2. The van der Waals surface area contributed by atoms with Crippen LogP contribution in [-0.4, -0.2) is 40.8 Å². The lowest BCUT2D eigenvalue weighted by Gasteiger charge is -2.29. The smallest absolute Gasteiger partial charge is 0.259 e. The van der Waals surface area contributed by atoms with E-state index in [-0.39, 0.29) is 11.7 Å². The molecule has 1 aliphatic heterocycles. The van der Waals surface area contributed by atoms with Crippen LogP contribution >= 0.6 is 0 Å². The monoisotopic (exact) mass is 390 g/mol. The van der Waals surface area contributed by atoms with Crippen molar-refractivity contribution in [2.45, 2.75) is 12.8 Å². The van der Waals surface area contributed by atoms with Crippen LogP contribution in [0.2, 0.25) is 0 Å². The zero-order chi connectivity index (χ0) is 19.4. The highest BCUT2D eigenvalue weighted by Gasteiger charge is 2.28. The molecule has 0 radical (unpaired) electrons. The summed E-state index contributed by atoms with van der Waals surface area (Å²) in [4.78, 5) is 12.5. The summed E-state index contributed by atoms with van der Waals surface area (Å²) in [6, 6.07) is 11.8. The van der Waals surface area contributed by atoms with Crippen LogP contribution in [0.4, 0.5) is 11.4 Å². The normalized spacial score (nSPS) is 15.9. The number of anilines is 2. The Morgan fingerprint density at radius 3 is 2.48 bits per heavy atom. The van der Waals surface area contributed by atoms with Gasteiger partial charge in [0.25, 0.3) is 5.91 Å². The first-order chi connectivity index (χ1) is 13.0. The molecule has 2 aromatic rings. The molecule has 8 heteroatoms. The summed E-state index contributed by atoms with van der Waals surface area (Å²) in [5.41, 5.74) is 1.38. The van der Waals surface area contributed by atoms with Crippen molar-refractivity contribution in [3.8, 4) is 11.5 Å². The van der Waals surface area contributed by atoms with E-state index in [1.807, 2.05) is 0 Å². The number of carbonyl (C=O) groups excluding carboxylic acids is 1. The Balaban J connectivity index is 1.87. The minimum Gasteiger partial charge on any atom is -0.496 e. The van der Waals surface area contributed by atoms with E-state index >= 15 is 0 Å². The molecule has 2 aromatic carbocycles. The summed E-state index contributed by atoms with van der Waals surface area (Å²) in [5.74, 6) is 0.659. The lowest BCUT2D eigenvalue weighted by molar-refractivity contribution is 0.102. The van der Waals surface area contributed by atoms with Crippen LogP contribution in [0.1, 0.15) is 23.2 Å². The third-order valence-corrected chi connectivity index (χ3v) is 6.26.